The van der Waals surface area contributed by atoms with E-state index in [9.17, 15) is 9.59 Å². The lowest BCUT2D eigenvalue weighted by atomic mass is 10.2. The molecule has 0 radical (unpaired) electrons. The highest BCUT2D eigenvalue weighted by Gasteiger charge is 2.17. The van der Waals surface area contributed by atoms with E-state index in [1.807, 2.05) is 0 Å². The number of benzene rings is 1. The summed E-state index contributed by atoms with van der Waals surface area (Å²) in [7, 11) is 1.56. The van der Waals surface area contributed by atoms with Crippen molar-refractivity contribution in [3.8, 4) is 5.75 Å². The first kappa shape index (κ1) is 13.4. The molecule has 1 aromatic carbocycles. The van der Waals surface area contributed by atoms with Crippen molar-refractivity contribution in [1.82, 2.24) is 9.78 Å². The summed E-state index contributed by atoms with van der Waals surface area (Å²) >= 11 is 5.74. The van der Waals surface area contributed by atoms with E-state index in [0.717, 1.165) is 0 Å². The molecule has 0 atom stereocenters. The van der Waals surface area contributed by atoms with Gasteiger partial charge >= 0.3 is 0 Å². The van der Waals surface area contributed by atoms with E-state index in [1.54, 1.807) is 38.2 Å². The minimum absolute atomic E-state index is 0.136. The van der Waals surface area contributed by atoms with Crippen molar-refractivity contribution in [3.63, 3.8) is 0 Å². The monoisotopic (exact) mass is 280 g/mol. The Morgan fingerprint density at radius 1 is 1.37 bits per heavy atom. The zero-order valence-electron chi connectivity index (χ0n) is 10.6. The summed E-state index contributed by atoms with van der Waals surface area (Å²) in [5.41, 5.74) is 0.330. The number of H-pyrrole nitrogens is 1. The van der Waals surface area contributed by atoms with Crippen molar-refractivity contribution < 1.29 is 9.53 Å². The van der Waals surface area contributed by atoms with Crippen LogP contribution in [0.5, 0.6) is 5.75 Å². The van der Waals surface area contributed by atoms with E-state index in [2.05, 4.69) is 5.10 Å². The van der Waals surface area contributed by atoms with Crippen molar-refractivity contribution in [2.24, 2.45) is 7.05 Å². The molecule has 0 saturated heterocycles. The number of nitrogens with zero attached hydrogens (tertiary/aromatic N) is 1. The molecule has 0 saturated carbocycles. The first-order chi connectivity index (χ1) is 8.99. The molecular formula is C13H13ClN2O3. The van der Waals surface area contributed by atoms with E-state index in [-0.39, 0.29) is 23.5 Å². The summed E-state index contributed by atoms with van der Waals surface area (Å²) in [6, 6.07) is 6.67. The molecule has 1 aromatic heterocycles. The van der Waals surface area contributed by atoms with Crippen molar-refractivity contribution in [3.05, 3.63) is 50.9 Å². The van der Waals surface area contributed by atoms with E-state index in [1.165, 1.54) is 4.68 Å². The van der Waals surface area contributed by atoms with Crippen LogP contribution < -0.4 is 10.3 Å². The highest BCUT2D eigenvalue weighted by molar-refractivity contribution is 6.30. The minimum Gasteiger partial charge on any atom is -0.485 e. The smallest absolute Gasteiger partial charge is 0.277 e. The Hall–Kier alpha value is -2.01. The number of nitrogens with one attached hydrogen (secondary N) is 1. The number of rotatable bonds is 4. The Labute approximate surface area is 114 Å². The first-order valence-corrected chi connectivity index (χ1v) is 6.04. The highest BCUT2D eigenvalue weighted by atomic mass is 35.5. The van der Waals surface area contributed by atoms with Crippen LogP contribution in [-0.4, -0.2) is 22.2 Å². The molecule has 0 spiro atoms. The molecule has 100 valence electrons. The second-order valence-corrected chi connectivity index (χ2v) is 4.58. The maximum Gasteiger partial charge on any atom is 0.277 e. The average molecular weight is 281 g/mol. The standard InChI is InChI=1S/C13H13ClN2O3/c1-8-12(13(18)16(2)15-8)11(17)7-19-10-5-3-9(14)4-6-10/h3-6,15H,7H2,1-2H3. The highest BCUT2D eigenvalue weighted by Crippen LogP contribution is 2.15. The summed E-state index contributed by atoms with van der Waals surface area (Å²) in [4.78, 5) is 23.7. The van der Waals surface area contributed by atoms with Crippen molar-refractivity contribution in [2.75, 3.05) is 6.61 Å². The summed E-state index contributed by atoms with van der Waals surface area (Å²) in [5, 5.41) is 3.36. The largest absolute Gasteiger partial charge is 0.485 e. The van der Waals surface area contributed by atoms with Gasteiger partial charge in [-0.3, -0.25) is 19.4 Å². The Balaban J connectivity index is 2.09. The number of ether oxygens (including phenoxy) is 1. The number of Topliss-reactive ketones (excluding diaryl/α,β-unsaturated/α-hetero) is 1. The number of halogens is 1. The second-order valence-electron chi connectivity index (χ2n) is 4.14. The van der Waals surface area contributed by atoms with Gasteiger partial charge in [-0.2, -0.15) is 0 Å². The van der Waals surface area contributed by atoms with Crippen molar-refractivity contribution in [1.29, 1.82) is 0 Å². The van der Waals surface area contributed by atoms with E-state index in [0.29, 0.717) is 16.5 Å². The lowest BCUT2D eigenvalue weighted by molar-refractivity contribution is 0.0919. The number of carbonyl (C=O) groups excluding carboxylic acids is 1. The van der Waals surface area contributed by atoms with Gasteiger partial charge in [-0.15, -0.1) is 0 Å². The molecule has 1 N–H and O–H groups in total. The quantitative estimate of drug-likeness (QED) is 0.871. The fraction of sp³-hybridized carbons (Fsp3) is 0.231. The van der Waals surface area contributed by atoms with Gasteiger partial charge in [0.15, 0.2) is 6.61 Å². The number of hydrogen-bond donors (Lipinski definition) is 1. The molecule has 0 amide bonds. The summed E-state index contributed by atoms with van der Waals surface area (Å²) in [6.07, 6.45) is 0. The fourth-order valence-corrected chi connectivity index (χ4v) is 1.89. The maximum atomic E-state index is 12.0. The predicted molar refractivity (Wildman–Crippen MR) is 72.0 cm³/mol. The number of aromatic amines is 1. The van der Waals surface area contributed by atoms with Crippen LogP contribution in [0.3, 0.4) is 0 Å². The predicted octanol–water partition coefficient (Wildman–Crippen LogP) is 1.94. The summed E-state index contributed by atoms with van der Waals surface area (Å²) in [6.45, 7) is 1.49. The normalized spacial score (nSPS) is 10.5. The zero-order valence-corrected chi connectivity index (χ0v) is 11.3. The van der Waals surface area contributed by atoms with Crippen LogP contribution in [0.1, 0.15) is 16.1 Å². The fourth-order valence-electron chi connectivity index (χ4n) is 1.77. The van der Waals surface area contributed by atoms with Gasteiger partial charge in [0, 0.05) is 17.8 Å². The van der Waals surface area contributed by atoms with Crippen molar-refractivity contribution >= 4 is 17.4 Å². The van der Waals surface area contributed by atoms with Crippen LogP contribution in [0, 0.1) is 6.92 Å². The second kappa shape index (κ2) is 5.32. The maximum absolute atomic E-state index is 12.0. The van der Waals surface area contributed by atoms with Gasteiger partial charge < -0.3 is 4.74 Å². The summed E-state index contributed by atoms with van der Waals surface area (Å²) in [5.74, 6) is 0.178. The molecule has 0 aliphatic rings. The topological polar surface area (TPSA) is 64.1 Å². The molecule has 0 bridgehead atoms. The number of carbonyl (C=O) groups is 1. The Morgan fingerprint density at radius 2 is 2.00 bits per heavy atom. The van der Waals surface area contributed by atoms with Crippen LogP contribution in [0.4, 0.5) is 0 Å². The number of aromatic nitrogens is 2. The molecule has 0 aliphatic carbocycles. The molecule has 2 aromatic rings. The van der Waals surface area contributed by atoms with Crippen LogP contribution >= 0.6 is 11.6 Å². The molecule has 6 heteroatoms. The SMILES string of the molecule is Cc1[nH]n(C)c(=O)c1C(=O)COc1ccc(Cl)cc1. The van der Waals surface area contributed by atoms with Crippen LogP contribution in [0.2, 0.25) is 5.02 Å². The summed E-state index contributed by atoms with van der Waals surface area (Å²) < 4.78 is 6.59. The third-order valence-corrected chi connectivity index (χ3v) is 2.94. The van der Waals surface area contributed by atoms with Gasteiger partial charge in [0.25, 0.3) is 5.56 Å². The first-order valence-electron chi connectivity index (χ1n) is 5.66. The molecule has 5 nitrogen and oxygen atoms in total. The van der Waals surface area contributed by atoms with E-state index < -0.39 is 0 Å². The molecule has 19 heavy (non-hydrogen) atoms. The molecular weight excluding hydrogens is 268 g/mol. The van der Waals surface area contributed by atoms with Gasteiger partial charge in [0.05, 0.1) is 0 Å². The van der Waals surface area contributed by atoms with Crippen LogP contribution in [-0.2, 0) is 7.05 Å². The van der Waals surface area contributed by atoms with Gasteiger partial charge in [0.2, 0.25) is 5.78 Å². The van der Waals surface area contributed by atoms with Crippen molar-refractivity contribution in [2.45, 2.75) is 6.92 Å². The Morgan fingerprint density at radius 3 is 2.53 bits per heavy atom. The zero-order chi connectivity index (χ0) is 14.0. The van der Waals surface area contributed by atoms with Gasteiger partial charge in [-0.25, -0.2) is 0 Å². The number of hydrogen-bond acceptors (Lipinski definition) is 3. The Bertz CT molecular complexity index is 656. The van der Waals surface area contributed by atoms with Gasteiger partial charge in [-0.1, -0.05) is 11.6 Å². The van der Waals surface area contributed by atoms with E-state index in [4.69, 9.17) is 16.3 Å². The number of ketones is 1. The lowest BCUT2D eigenvalue weighted by Gasteiger charge is -2.04. The number of aryl methyl sites for hydroxylation is 2. The molecule has 2 rings (SSSR count). The molecule has 0 aliphatic heterocycles. The minimum atomic E-state index is -0.352. The third kappa shape index (κ3) is 2.88. The van der Waals surface area contributed by atoms with Crippen LogP contribution in [0.25, 0.3) is 0 Å². The average Bonchev–Trinajstić information content (AvgIpc) is 2.62. The van der Waals surface area contributed by atoms with E-state index >= 15 is 0 Å². The molecule has 0 fully saturated rings. The molecule has 1 heterocycles. The van der Waals surface area contributed by atoms with Crippen LogP contribution in [0.15, 0.2) is 29.1 Å². The Kier molecular flexibility index (Phi) is 3.76. The lowest BCUT2D eigenvalue weighted by Crippen LogP contribution is -2.22. The van der Waals surface area contributed by atoms with Gasteiger partial charge in [0.1, 0.15) is 11.3 Å². The molecule has 0 unspecified atom stereocenters. The van der Waals surface area contributed by atoms with Gasteiger partial charge in [-0.05, 0) is 31.2 Å². The third-order valence-electron chi connectivity index (χ3n) is 2.69.